The maximum absolute atomic E-state index is 2.43. The highest BCUT2D eigenvalue weighted by molar-refractivity contribution is 6.33. The summed E-state index contributed by atoms with van der Waals surface area (Å²) in [7, 11) is 0. The van der Waals surface area contributed by atoms with Crippen LogP contribution in [0.15, 0.2) is 170 Å². The maximum Gasteiger partial charge on any atom is -0.00199 e. The lowest BCUT2D eigenvalue weighted by Crippen LogP contribution is -1.90. The molecule has 9 rings (SSSR count). The molecule has 0 heteroatoms. The summed E-state index contributed by atoms with van der Waals surface area (Å²) in [5.41, 5.74) is 7.50. The molecule has 0 bridgehead atoms. The standard InChI is InChI=1S/C44H28/c1-2-11-29(12-3-1)30-21-23-32(24-22-30)41-28-43-37-17-7-6-16-36(37)42-27-33(35-20-10-14-31-13-4-5-15-34(31)35)25-26-40(42)44(43)39-19-9-8-18-38(39)41/h1-28H. The van der Waals surface area contributed by atoms with Crippen molar-refractivity contribution in [3.8, 4) is 33.4 Å². The van der Waals surface area contributed by atoms with Gasteiger partial charge in [0.2, 0.25) is 0 Å². The topological polar surface area (TPSA) is 0 Å². The van der Waals surface area contributed by atoms with Gasteiger partial charge < -0.3 is 0 Å². The lowest BCUT2D eigenvalue weighted by molar-refractivity contribution is 1.61. The van der Waals surface area contributed by atoms with Gasteiger partial charge >= 0.3 is 0 Å². The Kier molecular flexibility index (Phi) is 5.61. The van der Waals surface area contributed by atoms with E-state index < -0.39 is 0 Å². The molecule has 9 aromatic carbocycles. The first-order chi connectivity index (χ1) is 21.8. The van der Waals surface area contributed by atoms with E-state index in [1.807, 2.05) is 0 Å². The summed E-state index contributed by atoms with van der Waals surface area (Å²) in [5.74, 6) is 0. The summed E-state index contributed by atoms with van der Waals surface area (Å²) < 4.78 is 0. The van der Waals surface area contributed by atoms with Crippen molar-refractivity contribution >= 4 is 53.9 Å². The van der Waals surface area contributed by atoms with Crippen LogP contribution in [0, 0.1) is 0 Å². The van der Waals surface area contributed by atoms with Crippen molar-refractivity contribution in [3.63, 3.8) is 0 Å². The number of hydrogen-bond acceptors (Lipinski definition) is 0. The smallest absolute Gasteiger partial charge is 0.00199 e. The van der Waals surface area contributed by atoms with E-state index in [9.17, 15) is 0 Å². The summed E-state index contributed by atoms with van der Waals surface area (Å²) >= 11 is 0. The predicted octanol–water partition coefficient (Wildman–Crippen LogP) is 12.5. The first-order valence-corrected chi connectivity index (χ1v) is 15.3. The molecule has 0 saturated heterocycles. The zero-order chi connectivity index (χ0) is 29.0. The third-order valence-corrected chi connectivity index (χ3v) is 9.24. The van der Waals surface area contributed by atoms with Crippen LogP contribution in [0.4, 0.5) is 0 Å². The summed E-state index contributed by atoms with van der Waals surface area (Å²) in [6.07, 6.45) is 0. The second-order valence-electron chi connectivity index (χ2n) is 11.7. The lowest BCUT2D eigenvalue weighted by Gasteiger charge is -2.17. The van der Waals surface area contributed by atoms with Gasteiger partial charge in [0.15, 0.2) is 0 Å². The molecule has 0 amide bonds. The van der Waals surface area contributed by atoms with Crippen LogP contribution in [-0.2, 0) is 0 Å². The summed E-state index contributed by atoms with van der Waals surface area (Å²) in [5, 5.41) is 12.9. The molecule has 9 aromatic rings. The zero-order valence-electron chi connectivity index (χ0n) is 24.2. The van der Waals surface area contributed by atoms with Gasteiger partial charge in [-0.25, -0.2) is 0 Å². The highest BCUT2D eigenvalue weighted by Gasteiger charge is 2.16. The summed E-state index contributed by atoms with van der Waals surface area (Å²) in [6.45, 7) is 0. The normalized spacial score (nSPS) is 11.6. The van der Waals surface area contributed by atoms with Crippen LogP contribution in [0.2, 0.25) is 0 Å². The average Bonchev–Trinajstić information content (AvgIpc) is 3.11. The molecule has 44 heavy (non-hydrogen) atoms. The molecule has 0 aromatic heterocycles. The molecule has 0 N–H and O–H groups in total. The van der Waals surface area contributed by atoms with E-state index in [-0.39, 0.29) is 0 Å². The van der Waals surface area contributed by atoms with Crippen LogP contribution in [0.3, 0.4) is 0 Å². The minimum Gasteiger partial charge on any atom is -0.0622 e. The third kappa shape index (κ3) is 3.85. The van der Waals surface area contributed by atoms with Crippen LogP contribution in [-0.4, -0.2) is 0 Å². The Morgan fingerprint density at radius 3 is 1.57 bits per heavy atom. The van der Waals surface area contributed by atoms with Gasteiger partial charge in [0.25, 0.3) is 0 Å². The number of rotatable bonds is 3. The predicted molar refractivity (Wildman–Crippen MR) is 190 cm³/mol. The highest BCUT2D eigenvalue weighted by Crippen LogP contribution is 2.44. The van der Waals surface area contributed by atoms with E-state index >= 15 is 0 Å². The maximum atomic E-state index is 2.43. The Balaban J connectivity index is 1.33. The van der Waals surface area contributed by atoms with Crippen molar-refractivity contribution < 1.29 is 0 Å². The van der Waals surface area contributed by atoms with Crippen molar-refractivity contribution in [1.82, 2.24) is 0 Å². The monoisotopic (exact) mass is 556 g/mol. The van der Waals surface area contributed by atoms with E-state index in [0.717, 1.165) is 0 Å². The van der Waals surface area contributed by atoms with Gasteiger partial charge in [-0.05, 0) is 99.4 Å². The zero-order valence-corrected chi connectivity index (χ0v) is 24.2. The fourth-order valence-corrected chi connectivity index (χ4v) is 7.17. The van der Waals surface area contributed by atoms with Gasteiger partial charge in [0, 0.05) is 0 Å². The van der Waals surface area contributed by atoms with Crippen molar-refractivity contribution in [1.29, 1.82) is 0 Å². The van der Waals surface area contributed by atoms with E-state index in [1.165, 1.54) is 87.2 Å². The largest absolute Gasteiger partial charge is 0.0622 e. The van der Waals surface area contributed by atoms with Crippen molar-refractivity contribution in [3.05, 3.63) is 170 Å². The molecule has 204 valence electrons. The minimum atomic E-state index is 1.23. The SMILES string of the molecule is c1ccc(-c2ccc(-c3cc4c5ccccc5c5cc(-c6cccc7ccccc67)ccc5c4c4ccccc34)cc2)cc1. The first-order valence-electron chi connectivity index (χ1n) is 15.3. The highest BCUT2D eigenvalue weighted by atomic mass is 14.2. The van der Waals surface area contributed by atoms with Crippen LogP contribution in [0.1, 0.15) is 0 Å². The Labute approximate surface area is 256 Å². The number of benzene rings is 9. The van der Waals surface area contributed by atoms with Gasteiger partial charge in [-0.15, -0.1) is 0 Å². The van der Waals surface area contributed by atoms with Gasteiger partial charge in [0.1, 0.15) is 0 Å². The molecule has 0 aliphatic rings. The molecule has 0 heterocycles. The first kappa shape index (κ1) is 24.8. The third-order valence-electron chi connectivity index (χ3n) is 9.24. The molecule has 0 unspecified atom stereocenters. The molecule has 0 fully saturated rings. The number of hydrogen-bond donors (Lipinski definition) is 0. The summed E-state index contributed by atoms with van der Waals surface area (Å²) in [6, 6.07) is 62.3. The van der Waals surface area contributed by atoms with Crippen LogP contribution in [0.25, 0.3) is 87.2 Å². The van der Waals surface area contributed by atoms with Gasteiger partial charge in [-0.1, -0.05) is 158 Å². The van der Waals surface area contributed by atoms with Gasteiger partial charge in [0.05, 0.1) is 0 Å². The van der Waals surface area contributed by atoms with Crippen molar-refractivity contribution in [2.45, 2.75) is 0 Å². The molecule has 0 nitrogen and oxygen atoms in total. The molecule has 0 spiro atoms. The van der Waals surface area contributed by atoms with E-state index in [4.69, 9.17) is 0 Å². The quantitative estimate of drug-likeness (QED) is 0.190. The lowest BCUT2D eigenvalue weighted by atomic mass is 9.86. The Morgan fingerprint density at radius 1 is 0.227 bits per heavy atom. The van der Waals surface area contributed by atoms with Crippen molar-refractivity contribution in [2.75, 3.05) is 0 Å². The van der Waals surface area contributed by atoms with Crippen LogP contribution >= 0.6 is 0 Å². The van der Waals surface area contributed by atoms with E-state index in [2.05, 4.69) is 170 Å². The molecule has 0 aliphatic heterocycles. The van der Waals surface area contributed by atoms with Crippen molar-refractivity contribution in [2.24, 2.45) is 0 Å². The van der Waals surface area contributed by atoms with Gasteiger partial charge in [-0.3, -0.25) is 0 Å². The Morgan fingerprint density at radius 2 is 0.773 bits per heavy atom. The number of fused-ring (bicyclic) bond motifs is 9. The minimum absolute atomic E-state index is 1.23. The molecular weight excluding hydrogens is 528 g/mol. The molecule has 0 aliphatic carbocycles. The fraction of sp³-hybridized carbons (Fsp3) is 0. The van der Waals surface area contributed by atoms with E-state index in [1.54, 1.807) is 0 Å². The Hall–Kier alpha value is -5.72. The fourth-order valence-electron chi connectivity index (χ4n) is 7.17. The van der Waals surface area contributed by atoms with Crippen LogP contribution < -0.4 is 0 Å². The molecule has 0 atom stereocenters. The van der Waals surface area contributed by atoms with E-state index in [0.29, 0.717) is 0 Å². The molecular formula is C44H28. The second-order valence-corrected chi connectivity index (χ2v) is 11.7. The Bertz CT molecular complexity index is 2510. The average molecular weight is 557 g/mol. The van der Waals surface area contributed by atoms with Gasteiger partial charge in [-0.2, -0.15) is 0 Å². The summed E-state index contributed by atoms with van der Waals surface area (Å²) in [4.78, 5) is 0. The molecule has 0 saturated carbocycles. The van der Waals surface area contributed by atoms with Crippen LogP contribution in [0.5, 0.6) is 0 Å². The second kappa shape index (κ2) is 9.93. The molecule has 0 radical (unpaired) electrons.